The number of hydrogen-bond acceptors (Lipinski definition) is 3. The normalized spacial score (nSPS) is 10.1. The molecule has 0 spiro atoms. The monoisotopic (exact) mass is 272 g/mol. The highest BCUT2D eigenvalue weighted by atomic mass is 19.1. The van der Waals surface area contributed by atoms with Crippen molar-refractivity contribution in [3.8, 4) is 11.1 Å². The standard InChI is InChI=1S/C16H13FO3/c1-11(18)20-16(19)10-12-6-8-13(9-7-12)14-4-2-3-5-15(14)17/h2-9H,10H2,1H3. The number of carbonyl (C=O) groups is 2. The number of esters is 2. The van der Waals surface area contributed by atoms with Gasteiger partial charge in [-0.05, 0) is 17.2 Å². The van der Waals surface area contributed by atoms with Crippen LogP contribution in [0.1, 0.15) is 12.5 Å². The van der Waals surface area contributed by atoms with E-state index in [1.54, 1.807) is 42.5 Å². The summed E-state index contributed by atoms with van der Waals surface area (Å²) in [5.74, 6) is -1.52. The van der Waals surface area contributed by atoms with Crippen LogP contribution in [0.2, 0.25) is 0 Å². The molecule has 0 N–H and O–H groups in total. The molecule has 20 heavy (non-hydrogen) atoms. The maximum absolute atomic E-state index is 13.6. The van der Waals surface area contributed by atoms with Gasteiger partial charge in [0.15, 0.2) is 0 Å². The molecular weight excluding hydrogens is 259 g/mol. The van der Waals surface area contributed by atoms with E-state index in [2.05, 4.69) is 4.74 Å². The smallest absolute Gasteiger partial charge is 0.317 e. The molecule has 0 saturated heterocycles. The first kappa shape index (κ1) is 13.9. The van der Waals surface area contributed by atoms with Gasteiger partial charge in [-0.1, -0.05) is 42.5 Å². The zero-order valence-electron chi connectivity index (χ0n) is 10.9. The first-order valence-electron chi connectivity index (χ1n) is 6.11. The summed E-state index contributed by atoms with van der Waals surface area (Å²) in [6.45, 7) is 1.18. The van der Waals surface area contributed by atoms with Gasteiger partial charge in [-0.15, -0.1) is 0 Å². The lowest BCUT2D eigenvalue weighted by Gasteiger charge is -2.05. The molecule has 0 aliphatic rings. The summed E-state index contributed by atoms with van der Waals surface area (Å²) in [5, 5.41) is 0. The molecule has 0 aliphatic heterocycles. The van der Waals surface area contributed by atoms with Crippen LogP contribution in [0.5, 0.6) is 0 Å². The highest BCUT2D eigenvalue weighted by molar-refractivity contribution is 5.85. The van der Waals surface area contributed by atoms with Crippen molar-refractivity contribution in [1.82, 2.24) is 0 Å². The second kappa shape index (κ2) is 6.10. The first-order chi connectivity index (χ1) is 9.56. The van der Waals surface area contributed by atoms with Crippen molar-refractivity contribution in [2.45, 2.75) is 13.3 Å². The molecule has 0 aliphatic carbocycles. The number of carbonyl (C=O) groups excluding carboxylic acids is 2. The van der Waals surface area contributed by atoms with Gasteiger partial charge in [0.25, 0.3) is 0 Å². The van der Waals surface area contributed by atoms with E-state index >= 15 is 0 Å². The van der Waals surface area contributed by atoms with E-state index in [1.807, 2.05) is 0 Å². The highest BCUT2D eigenvalue weighted by Gasteiger charge is 2.08. The molecular formula is C16H13FO3. The van der Waals surface area contributed by atoms with Crippen molar-refractivity contribution >= 4 is 11.9 Å². The summed E-state index contributed by atoms with van der Waals surface area (Å²) < 4.78 is 18.1. The minimum absolute atomic E-state index is 0.0110. The molecule has 0 unspecified atom stereocenters. The SMILES string of the molecule is CC(=O)OC(=O)Cc1ccc(-c2ccccc2F)cc1. The molecule has 2 rings (SSSR count). The molecule has 2 aromatic rings. The summed E-state index contributed by atoms with van der Waals surface area (Å²) in [6, 6.07) is 13.4. The summed E-state index contributed by atoms with van der Waals surface area (Å²) in [5.41, 5.74) is 1.94. The van der Waals surface area contributed by atoms with E-state index in [9.17, 15) is 14.0 Å². The van der Waals surface area contributed by atoms with Gasteiger partial charge in [0.05, 0.1) is 6.42 Å². The van der Waals surface area contributed by atoms with Crippen molar-refractivity contribution in [3.05, 3.63) is 59.9 Å². The molecule has 3 nitrogen and oxygen atoms in total. The quantitative estimate of drug-likeness (QED) is 0.637. The molecule has 4 heteroatoms. The molecule has 0 bridgehead atoms. The van der Waals surface area contributed by atoms with Crippen molar-refractivity contribution in [2.24, 2.45) is 0 Å². The number of benzene rings is 2. The second-order valence-electron chi connectivity index (χ2n) is 4.32. The van der Waals surface area contributed by atoms with E-state index < -0.39 is 11.9 Å². The molecule has 0 heterocycles. The maximum Gasteiger partial charge on any atom is 0.317 e. The fourth-order valence-corrected chi connectivity index (χ4v) is 1.86. The molecule has 0 radical (unpaired) electrons. The van der Waals surface area contributed by atoms with Gasteiger partial charge >= 0.3 is 11.9 Å². The van der Waals surface area contributed by atoms with Gasteiger partial charge in [0, 0.05) is 12.5 Å². The average molecular weight is 272 g/mol. The Hall–Kier alpha value is -2.49. The Morgan fingerprint density at radius 2 is 1.70 bits per heavy atom. The van der Waals surface area contributed by atoms with Gasteiger partial charge in [-0.2, -0.15) is 0 Å². The second-order valence-corrected chi connectivity index (χ2v) is 4.32. The average Bonchev–Trinajstić information content (AvgIpc) is 2.39. The Labute approximate surface area is 116 Å². The van der Waals surface area contributed by atoms with Crippen molar-refractivity contribution in [1.29, 1.82) is 0 Å². The van der Waals surface area contributed by atoms with Crippen LogP contribution < -0.4 is 0 Å². The largest absolute Gasteiger partial charge is 0.393 e. The van der Waals surface area contributed by atoms with Gasteiger partial charge in [-0.3, -0.25) is 9.59 Å². The molecule has 0 saturated carbocycles. The topological polar surface area (TPSA) is 43.4 Å². The highest BCUT2D eigenvalue weighted by Crippen LogP contribution is 2.22. The van der Waals surface area contributed by atoms with E-state index in [-0.39, 0.29) is 12.2 Å². The van der Waals surface area contributed by atoms with Crippen LogP contribution in [0, 0.1) is 5.82 Å². The Morgan fingerprint density at radius 1 is 1.05 bits per heavy atom. The lowest BCUT2D eigenvalue weighted by atomic mass is 10.0. The first-order valence-corrected chi connectivity index (χ1v) is 6.11. The number of ether oxygens (including phenoxy) is 1. The summed E-state index contributed by atoms with van der Waals surface area (Å²) in [4.78, 5) is 22.0. The van der Waals surface area contributed by atoms with Crippen molar-refractivity contribution in [2.75, 3.05) is 0 Å². The predicted molar refractivity (Wildman–Crippen MR) is 72.3 cm³/mol. The summed E-state index contributed by atoms with van der Waals surface area (Å²) >= 11 is 0. The number of hydrogen-bond donors (Lipinski definition) is 0. The Morgan fingerprint density at radius 3 is 2.30 bits per heavy atom. The molecule has 0 amide bonds. The van der Waals surface area contributed by atoms with Crippen LogP contribution in [0.4, 0.5) is 4.39 Å². The lowest BCUT2D eigenvalue weighted by Crippen LogP contribution is -2.11. The third kappa shape index (κ3) is 3.51. The number of halogens is 1. The van der Waals surface area contributed by atoms with Crippen molar-refractivity contribution in [3.63, 3.8) is 0 Å². The minimum atomic E-state index is -0.627. The summed E-state index contributed by atoms with van der Waals surface area (Å²) in [7, 11) is 0. The number of rotatable bonds is 3. The van der Waals surface area contributed by atoms with Crippen molar-refractivity contribution < 1.29 is 18.7 Å². The Bertz CT molecular complexity index is 632. The minimum Gasteiger partial charge on any atom is -0.393 e. The molecule has 2 aromatic carbocycles. The van der Waals surface area contributed by atoms with Crippen LogP contribution in [0.25, 0.3) is 11.1 Å². The van der Waals surface area contributed by atoms with E-state index in [4.69, 9.17) is 0 Å². The van der Waals surface area contributed by atoms with Crippen LogP contribution in [-0.4, -0.2) is 11.9 Å². The zero-order valence-corrected chi connectivity index (χ0v) is 10.9. The van der Waals surface area contributed by atoms with Crippen LogP contribution in [0.3, 0.4) is 0 Å². The van der Waals surface area contributed by atoms with Gasteiger partial charge in [0.1, 0.15) is 5.82 Å². The maximum atomic E-state index is 13.6. The molecule has 0 aromatic heterocycles. The molecule has 0 atom stereocenters. The van der Waals surface area contributed by atoms with Gasteiger partial charge < -0.3 is 4.74 Å². The fourth-order valence-electron chi connectivity index (χ4n) is 1.86. The fraction of sp³-hybridized carbons (Fsp3) is 0.125. The third-order valence-electron chi connectivity index (χ3n) is 2.74. The van der Waals surface area contributed by atoms with E-state index in [1.165, 1.54) is 13.0 Å². The van der Waals surface area contributed by atoms with Gasteiger partial charge in [-0.25, -0.2) is 4.39 Å². The van der Waals surface area contributed by atoms with Gasteiger partial charge in [0.2, 0.25) is 0 Å². The Balaban J connectivity index is 2.13. The van der Waals surface area contributed by atoms with Crippen LogP contribution >= 0.6 is 0 Å². The van der Waals surface area contributed by atoms with Crippen LogP contribution in [-0.2, 0) is 20.7 Å². The zero-order chi connectivity index (χ0) is 14.5. The lowest BCUT2D eigenvalue weighted by molar-refractivity contribution is -0.157. The van der Waals surface area contributed by atoms with Crippen LogP contribution in [0.15, 0.2) is 48.5 Å². The summed E-state index contributed by atoms with van der Waals surface area (Å²) in [6.07, 6.45) is 0.0110. The van der Waals surface area contributed by atoms with E-state index in [0.717, 1.165) is 5.56 Å². The van der Waals surface area contributed by atoms with E-state index in [0.29, 0.717) is 11.1 Å². The molecule has 102 valence electrons. The third-order valence-corrected chi connectivity index (χ3v) is 2.74. The Kier molecular flexibility index (Phi) is 4.25. The molecule has 0 fully saturated rings. The predicted octanol–water partition coefficient (Wildman–Crippen LogP) is 3.12.